The van der Waals surface area contributed by atoms with Crippen LogP contribution in [0.1, 0.15) is 11.1 Å². The molecular weight excluding hydrogens is 262 g/mol. The topological polar surface area (TPSA) is 57.8 Å². The van der Waals surface area contributed by atoms with Gasteiger partial charge in [-0.3, -0.25) is 9.89 Å². The van der Waals surface area contributed by atoms with Gasteiger partial charge in [-0.2, -0.15) is 5.10 Å². The Morgan fingerprint density at radius 2 is 1.95 bits per heavy atom. The van der Waals surface area contributed by atoms with Gasteiger partial charge in [-0.15, -0.1) is 0 Å². The normalized spacial score (nSPS) is 12.6. The fraction of sp³-hybridized carbons (Fsp3) is 0.0588. The first-order chi connectivity index (χ1) is 10.1. The number of aromatic nitrogens is 2. The number of carbonyl (C=O) groups is 1. The summed E-state index contributed by atoms with van der Waals surface area (Å²) in [4.78, 5) is 11.0. The van der Waals surface area contributed by atoms with Gasteiger partial charge in [-0.25, -0.2) is 0 Å². The number of benzene rings is 2. The number of hydrogen-bond donors (Lipinski definition) is 2. The SMILES string of the molecule is C=C1C(=O)Nc2ccccc21.Cc1ccc2cn[nH]c2c1. The predicted molar refractivity (Wildman–Crippen MR) is 84.9 cm³/mol. The van der Waals surface area contributed by atoms with Crippen LogP contribution in [0.15, 0.2) is 55.2 Å². The zero-order valence-electron chi connectivity index (χ0n) is 11.7. The second-order valence-electron chi connectivity index (χ2n) is 4.94. The van der Waals surface area contributed by atoms with Crippen molar-refractivity contribution in [3.8, 4) is 0 Å². The third-order valence-electron chi connectivity index (χ3n) is 3.37. The Balaban J connectivity index is 0.000000126. The third-order valence-corrected chi connectivity index (χ3v) is 3.37. The summed E-state index contributed by atoms with van der Waals surface area (Å²) < 4.78 is 0. The van der Waals surface area contributed by atoms with Crippen molar-refractivity contribution in [2.45, 2.75) is 6.92 Å². The Labute approximate surface area is 122 Å². The van der Waals surface area contributed by atoms with Crippen LogP contribution in [0.5, 0.6) is 0 Å². The van der Waals surface area contributed by atoms with Crippen LogP contribution in [-0.2, 0) is 4.79 Å². The first-order valence-corrected chi connectivity index (χ1v) is 6.64. The quantitative estimate of drug-likeness (QED) is 0.618. The van der Waals surface area contributed by atoms with Gasteiger partial charge >= 0.3 is 0 Å². The molecule has 1 aromatic heterocycles. The lowest BCUT2D eigenvalue weighted by molar-refractivity contribution is -0.110. The molecular formula is C17H15N3O. The van der Waals surface area contributed by atoms with Crippen LogP contribution in [0.2, 0.25) is 0 Å². The van der Waals surface area contributed by atoms with Gasteiger partial charge in [0.2, 0.25) is 0 Å². The average Bonchev–Trinajstić information content (AvgIpc) is 3.05. The molecule has 2 N–H and O–H groups in total. The summed E-state index contributed by atoms with van der Waals surface area (Å²) in [5, 5.41) is 10.7. The van der Waals surface area contributed by atoms with Crippen molar-refractivity contribution in [1.82, 2.24) is 10.2 Å². The molecule has 0 radical (unpaired) electrons. The molecule has 0 saturated heterocycles. The average molecular weight is 277 g/mol. The summed E-state index contributed by atoms with van der Waals surface area (Å²) >= 11 is 0. The number of nitrogens with zero attached hydrogens (tertiary/aromatic N) is 1. The van der Waals surface area contributed by atoms with Gasteiger partial charge in [0.1, 0.15) is 0 Å². The summed E-state index contributed by atoms with van der Waals surface area (Å²) in [5.41, 5.74) is 4.71. The molecule has 2 aromatic carbocycles. The molecule has 0 saturated carbocycles. The van der Waals surface area contributed by atoms with Crippen molar-refractivity contribution in [3.63, 3.8) is 0 Å². The molecule has 4 heteroatoms. The van der Waals surface area contributed by atoms with Gasteiger partial charge in [0.25, 0.3) is 5.91 Å². The van der Waals surface area contributed by atoms with Crippen LogP contribution in [0.25, 0.3) is 16.5 Å². The lowest BCUT2D eigenvalue weighted by atomic mass is 10.1. The van der Waals surface area contributed by atoms with Gasteiger partial charge < -0.3 is 5.32 Å². The molecule has 3 aromatic rings. The van der Waals surface area contributed by atoms with Crippen molar-refractivity contribution in [2.24, 2.45) is 0 Å². The van der Waals surface area contributed by atoms with E-state index < -0.39 is 0 Å². The highest BCUT2D eigenvalue weighted by Gasteiger charge is 2.20. The fourth-order valence-corrected chi connectivity index (χ4v) is 2.23. The smallest absolute Gasteiger partial charge is 0.255 e. The van der Waals surface area contributed by atoms with Gasteiger partial charge in [0, 0.05) is 22.2 Å². The molecule has 21 heavy (non-hydrogen) atoms. The lowest BCUT2D eigenvalue weighted by Gasteiger charge is -1.93. The van der Waals surface area contributed by atoms with Gasteiger partial charge in [-0.05, 0) is 24.6 Å². The third kappa shape index (κ3) is 2.56. The molecule has 0 aliphatic carbocycles. The van der Waals surface area contributed by atoms with E-state index in [-0.39, 0.29) is 5.91 Å². The monoisotopic (exact) mass is 277 g/mol. The fourth-order valence-electron chi connectivity index (χ4n) is 2.23. The second-order valence-corrected chi connectivity index (χ2v) is 4.94. The van der Waals surface area contributed by atoms with E-state index in [2.05, 4.69) is 47.2 Å². The van der Waals surface area contributed by atoms with E-state index >= 15 is 0 Å². The number of rotatable bonds is 0. The van der Waals surface area contributed by atoms with E-state index in [9.17, 15) is 4.79 Å². The molecule has 0 fully saturated rings. The summed E-state index contributed by atoms with van der Waals surface area (Å²) in [7, 11) is 0. The Hall–Kier alpha value is -2.88. The van der Waals surface area contributed by atoms with Crippen molar-refractivity contribution in [2.75, 3.05) is 5.32 Å². The number of aromatic amines is 1. The van der Waals surface area contributed by atoms with E-state index in [0.717, 1.165) is 16.8 Å². The molecule has 0 unspecified atom stereocenters. The van der Waals surface area contributed by atoms with E-state index in [4.69, 9.17) is 0 Å². The molecule has 4 nitrogen and oxygen atoms in total. The number of aryl methyl sites for hydroxylation is 1. The Kier molecular flexibility index (Phi) is 3.28. The van der Waals surface area contributed by atoms with Crippen LogP contribution >= 0.6 is 0 Å². The van der Waals surface area contributed by atoms with Gasteiger partial charge in [0.15, 0.2) is 0 Å². The summed E-state index contributed by atoms with van der Waals surface area (Å²) in [5.74, 6) is -0.0915. The molecule has 4 rings (SSSR count). The van der Waals surface area contributed by atoms with Gasteiger partial charge in [-0.1, -0.05) is 36.9 Å². The first kappa shape index (κ1) is 13.1. The highest BCUT2D eigenvalue weighted by molar-refractivity contribution is 6.30. The number of nitrogens with one attached hydrogen (secondary N) is 2. The largest absolute Gasteiger partial charge is 0.321 e. The summed E-state index contributed by atoms with van der Waals surface area (Å²) in [6.07, 6.45) is 1.83. The molecule has 0 atom stereocenters. The Bertz CT molecular complexity index is 833. The number of anilines is 1. The molecule has 1 aliphatic heterocycles. The van der Waals surface area contributed by atoms with E-state index in [1.807, 2.05) is 30.5 Å². The van der Waals surface area contributed by atoms with Crippen molar-refractivity contribution in [1.29, 1.82) is 0 Å². The minimum absolute atomic E-state index is 0.0915. The number of hydrogen-bond acceptors (Lipinski definition) is 2. The maximum Gasteiger partial charge on any atom is 0.255 e. The van der Waals surface area contributed by atoms with Crippen LogP contribution < -0.4 is 5.32 Å². The highest BCUT2D eigenvalue weighted by atomic mass is 16.1. The van der Waals surface area contributed by atoms with E-state index in [1.54, 1.807) is 0 Å². The molecule has 0 bridgehead atoms. The van der Waals surface area contributed by atoms with Crippen LogP contribution in [0.3, 0.4) is 0 Å². The Morgan fingerprint density at radius 1 is 1.14 bits per heavy atom. The number of carbonyl (C=O) groups excluding carboxylic acids is 1. The minimum atomic E-state index is -0.0915. The summed E-state index contributed by atoms with van der Waals surface area (Å²) in [6.45, 7) is 5.73. The maximum absolute atomic E-state index is 11.0. The van der Waals surface area contributed by atoms with Crippen molar-refractivity contribution in [3.05, 3.63) is 66.4 Å². The number of amides is 1. The minimum Gasteiger partial charge on any atom is -0.321 e. The number of H-pyrrole nitrogens is 1. The van der Waals surface area contributed by atoms with Crippen molar-refractivity contribution >= 4 is 28.1 Å². The van der Waals surface area contributed by atoms with E-state index in [0.29, 0.717) is 5.57 Å². The van der Waals surface area contributed by atoms with Crippen molar-refractivity contribution < 1.29 is 4.79 Å². The Morgan fingerprint density at radius 3 is 2.76 bits per heavy atom. The van der Waals surface area contributed by atoms with Crippen LogP contribution in [-0.4, -0.2) is 16.1 Å². The number of para-hydroxylation sites is 1. The van der Waals surface area contributed by atoms with Gasteiger partial charge in [0.05, 0.1) is 11.7 Å². The number of fused-ring (bicyclic) bond motifs is 2. The standard InChI is InChI=1S/C9H7NO.C8H8N2/c1-6-7-4-2-3-5-8(7)10-9(6)11;1-6-2-3-7-5-9-10-8(7)4-6/h2-5H,1H2,(H,10,11);2-5H,1H3,(H,9,10). The zero-order valence-corrected chi connectivity index (χ0v) is 11.7. The zero-order chi connectivity index (χ0) is 14.8. The second kappa shape index (κ2) is 5.25. The summed E-state index contributed by atoms with van der Waals surface area (Å²) in [6, 6.07) is 13.8. The molecule has 1 amide bonds. The van der Waals surface area contributed by atoms with Crippen LogP contribution in [0.4, 0.5) is 5.69 Å². The lowest BCUT2D eigenvalue weighted by Crippen LogP contribution is -2.02. The molecule has 2 heterocycles. The van der Waals surface area contributed by atoms with Crippen LogP contribution in [0, 0.1) is 6.92 Å². The predicted octanol–water partition coefficient (Wildman–Crippen LogP) is 3.52. The molecule has 0 spiro atoms. The molecule has 1 aliphatic rings. The maximum atomic E-state index is 11.0. The first-order valence-electron chi connectivity index (χ1n) is 6.64. The van der Waals surface area contributed by atoms with E-state index in [1.165, 1.54) is 10.9 Å². The highest BCUT2D eigenvalue weighted by Crippen LogP contribution is 2.29. The molecule has 104 valence electrons.